The smallest absolute Gasteiger partial charge is 0.242 e. The predicted molar refractivity (Wildman–Crippen MR) is 86.1 cm³/mol. The van der Waals surface area contributed by atoms with Crippen LogP contribution in [-0.2, 0) is 32.0 Å². The van der Waals surface area contributed by atoms with E-state index in [1.165, 1.54) is 6.92 Å². The standard InChI is InChI=1S/C18H21NO4/c1-4-12-5-6-13(8-11(3)20)14(9-12)19-18(23)16-15(21)7-10(2)17(16)22/h5-6,9-10,16H,4,7-8H2,1-3H3,(H,19,23). The normalized spacial score (nSPS) is 20.7. The summed E-state index contributed by atoms with van der Waals surface area (Å²) in [6, 6.07) is 5.50. The lowest BCUT2D eigenvalue weighted by Gasteiger charge is -2.14. The highest BCUT2D eigenvalue weighted by Gasteiger charge is 2.43. The van der Waals surface area contributed by atoms with Gasteiger partial charge in [0, 0.05) is 24.4 Å². The van der Waals surface area contributed by atoms with Crippen LogP contribution in [0.25, 0.3) is 0 Å². The van der Waals surface area contributed by atoms with E-state index in [4.69, 9.17) is 0 Å². The van der Waals surface area contributed by atoms with Crippen LogP contribution in [0.1, 0.15) is 38.3 Å². The molecule has 1 saturated carbocycles. The van der Waals surface area contributed by atoms with Crippen LogP contribution in [0, 0.1) is 11.8 Å². The average molecular weight is 315 g/mol. The van der Waals surface area contributed by atoms with Gasteiger partial charge in [0.15, 0.2) is 17.5 Å². The van der Waals surface area contributed by atoms with Crippen molar-refractivity contribution in [2.75, 3.05) is 5.32 Å². The SMILES string of the molecule is CCc1ccc(CC(C)=O)c(NC(=O)C2C(=O)CC(C)C2=O)c1. The molecule has 0 aliphatic heterocycles. The number of aryl methyl sites for hydroxylation is 1. The van der Waals surface area contributed by atoms with Crippen LogP contribution in [0.5, 0.6) is 0 Å². The molecule has 0 aromatic heterocycles. The van der Waals surface area contributed by atoms with Crippen molar-refractivity contribution in [3.8, 4) is 0 Å². The van der Waals surface area contributed by atoms with E-state index in [2.05, 4.69) is 5.32 Å². The van der Waals surface area contributed by atoms with Crippen molar-refractivity contribution in [3.05, 3.63) is 29.3 Å². The van der Waals surface area contributed by atoms with Crippen LogP contribution in [-0.4, -0.2) is 23.3 Å². The number of carbonyl (C=O) groups is 4. The summed E-state index contributed by atoms with van der Waals surface area (Å²) in [6.07, 6.45) is 1.09. The molecule has 1 aliphatic carbocycles. The molecule has 0 radical (unpaired) electrons. The molecule has 5 heteroatoms. The van der Waals surface area contributed by atoms with E-state index in [0.29, 0.717) is 11.3 Å². The average Bonchev–Trinajstić information content (AvgIpc) is 2.73. The molecule has 1 amide bonds. The van der Waals surface area contributed by atoms with Gasteiger partial charge >= 0.3 is 0 Å². The van der Waals surface area contributed by atoms with Crippen LogP contribution in [0.15, 0.2) is 18.2 Å². The zero-order valence-electron chi connectivity index (χ0n) is 13.6. The Bertz CT molecular complexity index is 678. The van der Waals surface area contributed by atoms with Gasteiger partial charge < -0.3 is 5.32 Å². The molecule has 1 N–H and O–H groups in total. The van der Waals surface area contributed by atoms with Crippen molar-refractivity contribution in [3.63, 3.8) is 0 Å². The van der Waals surface area contributed by atoms with Gasteiger partial charge in [-0.2, -0.15) is 0 Å². The third-order valence-electron chi connectivity index (χ3n) is 4.14. The topological polar surface area (TPSA) is 80.3 Å². The van der Waals surface area contributed by atoms with Crippen LogP contribution in [0.4, 0.5) is 5.69 Å². The summed E-state index contributed by atoms with van der Waals surface area (Å²) in [5.74, 6) is -2.90. The van der Waals surface area contributed by atoms with E-state index in [-0.39, 0.29) is 30.2 Å². The Morgan fingerprint density at radius 3 is 2.48 bits per heavy atom. The van der Waals surface area contributed by atoms with Gasteiger partial charge in [-0.1, -0.05) is 26.0 Å². The maximum Gasteiger partial charge on any atom is 0.242 e. The van der Waals surface area contributed by atoms with Gasteiger partial charge in [-0.3, -0.25) is 19.2 Å². The zero-order valence-corrected chi connectivity index (χ0v) is 13.6. The first kappa shape index (κ1) is 17.1. The first-order valence-corrected chi connectivity index (χ1v) is 7.82. The molecular formula is C18H21NO4. The first-order valence-electron chi connectivity index (χ1n) is 7.82. The molecular weight excluding hydrogens is 294 g/mol. The lowest BCUT2D eigenvalue weighted by molar-refractivity contribution is -0.135. The summed E-state index contributed by atoms with van der Waals surface area (Å²) in [6.45, 7) is 5.12. The molecule has 5 nitrogen and oxygen atoms in total. The van der Waals surface area contributed by atoms with Crippen molar-refractivity contribution >= 4 is 28.9 Å². The number of carbonyl (C=O) groups excluding carboxylic acids is 4. The number of benzene rings is 1. The van der Waals surface area contributed by atoms with Crippen molar-refractivity contribution in [1.82, 2.24) is 0 Å². The summed E-state index contributed by atoms with van der Waals surface area (Å²) in [4.78, 5) is 47.6. The number of hydrogen-bond acceptors (Lipinski definition) is 4. The highest BCUT2D eigenvalue weighted by molar-refractivity contribution is 6.26. The van der Waals surface area contributed by atoms with Crippen LogP contribution in [0.3, 0.4) is 0 Å². The predicted octanol–water partition coefficient (Wildman–Crippen LogP) is 2.11. The lowest BCUT2D eigenvalue weighted by atomic mass is 10.0. The van der Waals surface area contributed by atoms with Crippen LogP contribution in [0.2, 0.25) is 0 Å². The molecule has 1 aliphatic rings. The molecule has 0 saturated heterocycles. The molecule has 1 fully saturated rings. The minimum absolute atomic E-state index is 0.0219. The number of amides is 1. The number of hydrogen-bond donors (Lipinski definition) is 1. The number of ketones is 3. The lowest BCUT2D eigenvalue weighted by Crippen LogP contribution is -2.32. The summed E-state index contributed by atoms with van der Waals surface area (Å²) in [7, 11) is 0. The first-order chi connectivity index (χ1) is 10.8. The minimum Gasteiger partial charge on any atom is -0.325 e. The number of nitrogens with one attached hydrogen (secondary N) is 1. The van der Waals surface area contributed by atoms with Crippen molar-refractivity contribution < 1.29 is 19.2 Å². The highest BCUT2D eigenvalue weighted by Crippen LogP contribution is 2.26. The van der Waals surface area contributed by atoms with Gasteiger partial charge in [0.25, 0.3) is 0 Å². The van der Waals surface area contributed by atoms with E-state index in [1.807, 2.05) is 13.0 Å². The molecule has 122 valence electrons. The Balaban J connectivity index is 2.27. The van der Waals surface area contributed by atoms with E-state index in [0.717, 1.165) is 12.0 Å². The van der Waals surface area contributed by atoms with Crippen LogP contribution >= 0.6 is 0 Å². The van der Waals surface area contributed by atoms with Gasteiger partial charge in [0.1, 0.15) is 5.78 Å². The third kappa shape index (κ3) is 3.73. The molecule has 2 unspecified atom stereocenters. The van der Waals surface area contributed by atoms with Gasteiger partial charge in [0.05, 0.1) is 0 Å². The fourth-order valence-electron chi connectivity index (χ4n) is 2.83. The number of Topliss-reactive ketones (excluding diaryl/α,β-unsaturated/α-hetero) is 3. The minimum atomic E-state index is -1.22. The van der Waals surface area contributed by atoms with Crippen LogP contribution < -0.4 is 5.32 Å². The largest absolute Gasteiger partial charge is 0.325 e. The maximum absolute atomic E-state index is 12.4. The number of rotatable bonds is 5. The van der Waals surface area contributed by atoms with Gasteiger partial charge in [-0.05, 0) is 30.5 Å². The molecule has 2 rings (SSSR count). The molecule has 23 heavy (non-hydrogen) atoms. The maximum atomic E-state index is 12.4. The van der Waals surface area contributed by atoms with E-state index >= 15 is 0 Å². The molecule has 1 aromatic rings. The summed E-state index contributed by atoms with van der Waals surface area (Å²) >= 11 is 0. The Morgan fingerprint density at radius 2 is 1.96 bits per heavy atom. The second-order valence-electron chi connectivity index (χ2n) is 6.12. The quantitative estimate of drug-likeness (QED) is 0.844. The molecule has 0 bridgehead atoms. The van der Waals surface area contributed by atoms with Gasteiger partial charge in [-0.25, -0.2) is 0 Å². The molecule has 0 heterocycles. The van der Waals surface area contributed by atoms with Crippen molar-refractivity contribution in [2.45, 2.75) is 40.0 Å². The Labute approximate surface area is 135 Å². The fourth-order valence-corrected chi connectivity index (χ4v) is 2.83. The van der Waals surface area contributed by atoms with Gasteiger partial charge in [-0.15, -0.1) is 0 Å². The second-order valence-corrected chi connectivity index (χ2v) is 6.12. The monoisotopic (exact) mass is 315 g/mol. The van der Waals surface area contributed by atoms with Crippen molar-refractivity contribution in [2.24, 2.45) is 11.8 Å². The Kier molecular flexibility index (Phi) is 5.08. The molecule has 1 aromatic carbocycles. The Hall–Kier alpha value is -2.30. The van der Waals surface area contributed by atoms with Gasteiger partial charge in [0.2, 0.25) is 5.91 Å². The molecule has 2 atom stereocenters. The summed E-state index contributed by atoms with van der Waals surface area (Å²) in [5.41, 5.74) is 2.20. The zero-order chi connectivity index (χ0) is 17.1. The third-order valence-corrected chi connectivity index (χ3v) is 4.14. The Morgan fingerprint density at radius 1 is 1.26 bits per heavy atom. The van der Waals surface area contributed by atoms with E-state index in [1.54, 1.807) is 19.1 Å². The van der Waals surface area contributed by atoms with E-state index in [9.17, 15) is 19.2 Å². The molecule has 0 spiro atoms. The number of anilines is 1. The summed E-state index contributed by atoms with van der Waals surface area (Å²) in [5, 5.41) is 2.68. The summed E-state index contributed by atoms with van der Waals surface area (Å²) < 4.78 is 0. The van der Waals surface area contributed by atoms with Crippen molar-refractivity contribution in [1.29, 1.82) is 0 Å². The second kappa shape index (κ2) is 6.86. The van der Waals surface area contributed by atoms with E-state index < -0.39 is 17.7 Å². The fraction of sp³-hybridized carbons (Fsp3) is 0.444. The highest BCUT2D eigenvalue weighted by atomic mass is 16.2.